The minimum Gasteiger partial charge on any atom is -0.256 e. The van der Waals surface area contributed by atoms with Crippen molar-refractivity contribution in [3.8, 4) is 10.8 Å². The van der Waals surface area contributed by atoms with Crippen LogP contribution < -0.4 is 0 Å². The van der Waals surface area contributed by atoms with E-state index in [1.807, 2.05) is 43.9 Å². The number of nitrogens with zero attached hydrogens (tertiary/aromatic N) is 8. The van der Waals surface area contributed by atoms with E-state index in [1.165, 1.54) is 0 Å². The second-order valence-electron chi connectivity index (χ2n) is 6.02. The summed E-state index contributed by atoms with van der Waals surface area (Å²) in [4.78, 5) is 18.0. The molecule has 0 amide bonds. The Bertz CT molecular complexity index is 1020. The zero-order chi connectivity index (χ0) is 17.6. The van der Waals surface area contributed by atoms with Crippen molar-refractivity contribution < 1.29 is 0 Å². The van der Waals surface area contributed by atoms with Crippen LogP contribution in [0.15, 0.2) is 11.6 Å². The molecule has 4 aromatic heterocycles. The Balaban J connectivity index is 1.56. The summed E-state index contributed by atoms with van der Waals surface area (Å²) in [5, 5.41) is 11.9. The summed E-state index contributed by atoms with van der Waals surface area (Å²) in [6.45, 7) is 5.89. The van der Waals surface area contributed by atoms with Crippen molar-refractivity contribution in [2.45, 2.75) is 33.6 Å². The molecule has 0 saturated heterocycles. The molecular weight excluding hydrogens is 336 g/mol. The topological polar surface area (TPSA) is 86.7 Å². The van der Waals surface area contributed by atoms with E-state index in [0.29, 0.717) is 12.2 Å². The third-order valence-electron chi connectivity index (χ3n) is 3.99. The second kappa shape index (κ2) is 5.99. The molecule has 4 aromatic rings. The minimum absolute atomic E-state index is 0.675. The van der Waals surface area contributed by atoms with Crippen LogP contribution in [0.2, 0.25) is 0 Å². The lowest BCUT2D eigenvalue weighted by atomic mass is 10.3. The number of aryl methyl sites for hydroxylation is 6. The van der Waals surface area contributed by atoms with Crippen molar-refractivity contribution in [3.63, 3.8) is 0 Å². The van der Waals surface area contributed by atoms with Crippen molar-refractivity contribution >= 4 is 17.0 Å². The maximum absolute atomic E-state index is 4.62. The van der Waals surface area contributed by atoms with Gasteiger partial charge in [0.2, 0.25) is 5.82 Å². The summed E-state index contributed by atoms with van der Waals surface area (Å²) in [7, 11) is 1.90. The molecule has 4 heterocycles. The normalized spacial score (nSPS) is 11.5. The van der Waals surface area contributed by atoms with E-state index in [2.05, 4.69) is 30.1 Å². The number of thiazole rings is 1. The van der Waals surface area contributed by atoms with Crippen LogP contribution in [0.3, 0.4) is 0 Å². The van der Waals surface area contributed by atoms with Crippen molar-refractivity contribution in [1.29, 1.82) is 0 Å². The number of rotatable bonds is 4. The molecule has 0 aliphatic heterocycles. The highest BCUT2D eigenvalue weighted by atomic mass is 32.1. The van der Waals surface area contributed by atoms with Crippen LogP contribution in [-0.4, -0.2) is 39.3 Å². The Morgan fingerprint density at radius 3 is 2.60 bits per heavy atom. The van der Waals surface area contributed by atoms with E-state index >= 15 is 0 Å². The lowest BCUT2D eigenvalue weighted by molar-refractivity contribution is 0.683. The SMILES string of the molecule is Cc1csc(-c2nc(CCc3nc4c(C)ncc(C)n4n3)n(C)n2)n1. The summed E-state index contributed by atoms with van der Waals surface area (Å²) >= 11 is 1.56. The molecule has 0 aromatic carbocycles. The molecule has 4 rings (SSSR count). The van der Waals surface area contributed by atoms with Gasteiger partial charge in [0.25, 0.3) is 0 Å². The summed E-state index contributed by atoms with van der Waals surface area (Å²) in [6, 6.07) is 0. The molecule has 0 radical (unpaired) electrons. The fourth-order valence-corrected chi connectivity index (χ4v) is 3.37. The largest absolute Gasteiger partial charge is 0.256 e. The first-order valence-electron chi connectivity index (χ1n) is 8.01. The third kappa shape index (κ3) is 2.91. The fourth-order valence-electron chi connectivity index (χ4n) is 2.65. The zero-order valence-electron chi connectivity index (χ0n) is 14.6. The lowest BCUT2D eigenvalue weighted by Crippen LogP contribution is -2.03. The summed E-state index contributed by atoms with van der Waals surface area (Å²) in [5.74, 6) is 2.36. The van der Waals surface area contributed by atoms with Crippen LogP contribution in [0.4, 0.5) is 0 Å². The number of aromatic nitrogens is 8. The predicted octanol–water partition coefficient (Wildman–Crippen LogP) is 2.09. The molecule has 25 heavy (non-hydrogen) atoms. The van der Waals surface area contributed by atoms with Crippen LogP contribution in [0.25, 0.3) is 16.5 Å². The molecule has 0 aliphatic rings. The molecule has 0 fully saturated rings. The van der Waals surface area contributed by atoms with E-state index in [0.717, 1.165) is 45.8 Å². The van der Waals surface area contributed by atoms with Gasteiger partial charge < -0.3 is 0 Å². The maximum Gasteiger partial charge on any atom is 0.210 e. The first kappa shape index (κ1) is 15.8. The molecule has 0 N–H and O–H groups in total. The van der Waals surface area contributed by atoms with E-state index in [-0.39, 0.29) is 0 Å². The average Bonchev–Trinajstić information content (AvgIpc) is 3.28. The molecular formula is C16H18N8S. The standard InChI is InChI=1S/C16H18N8S/c1-9-8-25-16(18-9)14-20-13(23(4)22-14)6-5-12-19-15-11(3)17-7-10(2)24(15)21-12/h7-8H,5-6H2,1-4H3. The fraction of sp³-hybridized carbons (Fsp3) is 0.375. The van der Waals surface area contributed by atoms with Gasteiger partial charge in [-0.1, -0.05) is 0 Å². The highest BCUT2D eigenvalue weighted by molar-refractivity contribution is 7.13. The van der Waals surface area contributed by atoms with Gasteiger partial charge in [-0.15, -0.1) is 16.4 Å². The minimum atomic E-state index is 0.675. The number of fused-ring (bicyclic) bond motifs is 1. The van der Waals surface area contributed by atoms with Gasteiger partial charge in [0.1, 0.15) is 5.82 Å². The molecule has 0 unspecified atom stereocenters. The summed E-state index contributed by atoms with van der Waals surface area (Å²) < 4.78 is 3.65. The van der Waals surface area contributed by atoms with Gasteiger partial charge in [-0.05, 0) is 20.8 Å². The van der Waals surface area contributed by atoms with E-state index in [4.69, 9.17) is 0 Å². The Kier molecular flexibility index (Phi) is 3.79. The lowest BCUT2D eigenvalue weighted by Gasteiger charge is -1.97. The van der Waals surface area contributed by atoms with Crippen molar-refractivity contribution in [3.05, 3.63) is 40.3 Å². The first-order valence-corrected chi connectivity index (χ1v) is 8.89. The van der Waals surface area contributed by atoms with E-state index in [9.17, 15) is 0 Å². The zero-order valence-corrected chi connectivity index (χ0v) is 15.4. The number of hydrogen-bond donors (Lipinski definition) is 0. The van der Waals surface area contributed by atoms with Gasteiger partial charge >= 0.3 is 0 Å². The summed E-state index contributed by atoms with van der Waals surface area (Å²) in [6.07, 6.45) is 3.23. The van der Waals surface area contributed by atoms with Crippen molar-refractivity contribution in [2.24, 2.45) is 7.05 Å². The average molecular weight is 354 g/mol. The first-order chi connectivity index (χ1) is 12.0. The molecule has 0 spiro atoms. The summed E-state index contributed by atoms with van der Waals surface area (Å²) in [5.41, 5.74) is 3.65. The van der Waals surface area contributed by atoms with Gasteiger partial charge in [-0.25, -0.2) is 19.5 Å². The van der Waals surface area contributed by atoms with Crippen LogP contribution >= 0.6 is 11.3 Å². The van der Waals surface area contributed by atoms with Crippen molar-refractivity contribution in [1.82, 2.24) is 39.3 Å². The Morgan fingerprint density at radius 1 is 1.04 bits per heavy atom. The Morgan fingerprint density at radius 2 is 1.88 bits per heavy atom. The highest BCUT2D eigenvalue weighted by Crippen LogP contribution is 2.20. The monoisotopic (exact) mass is 354 g/mol. The van der Waals surface area contributed by atoms with E-state index < -0.39 is 0 Å². The molecule has 0 saturated carbocycles. The van der Waals surface area contributed by atoms with Gasteiger partial charge in [0.05, 0.1) is 11.4 Å². The predicted molar refractivity (Wildman–Crippen MR) is 94.5 cm³/mol. The van der Waals surface area contributed by atoms with Gasteiger partial charge in [0, 0.05) is 37.2 Å². The maximum atomic E-state index is 4.62. The third-order valence-corrected chi connectivity index (χ3v) is 4.95. The molecule has 8 nitrogen and oxygen atoms in total. The number of hydrogen-bond acceptors (Lipinski definition) is 7. The smallest absolute Gasteiger partial charge is 0.210 e. The Hall–Kier alpha value is -2.68. The molecule has 9 heteroatoms. The quantitative estimate of drug-likeness (QED) is 0.558. The second-order valence-corrected chi connectivity index (χ2v) is 6.88. The van der Waals surface area contributed by atoms with Crippen LogP contribution in [-0.2, 0) is 19.9 Å². The van der Waals surface area contributed by atoms with Crippen LogP contribution in [0.5, 0.6) is 0 Å². The Labute approximate surface area is 148 Å². The van der Waals surface area contributed by atoms with Gasteiger partial charge in [0.15, 0.2) is 16.5 Å². The molecule has 0 bridgehead atoms. The van der Waals surface area contributed by atoms with Crippen LogP contribution in [0, 0.1) is 20.8 Å². The molecule has 0 aliphatic carbocycles. The highest BCUT2D eigenvalue weighted by Gasteiger charge is 2.14. The van der Waals surface area contributed by atoms with Gasteiger partial charge in [-0.3, -0.25) is 9.67 Å². The molecule has 0 atom stereocenters. The van der Waals surface area contributed by atoms with Crippen molar-refractivity contribution in [2.75, 3.05) is 0 Å². The van der Waals surface area contributed by atoms with Crippen LogP contribution in [0.1, 0.15) is 28.7 Å². The van der Waals surface area contributed by atoms with Gasteiger partial charge in [-0.2, -0.15) is 5.10 Å². The molecule has 128 valence electrons. The van der Waals surface area contributed by atoms with E-state index in [1.54, 1.807) is 16.0 Å².